The zero-order chi connectivity index (χ0) is 18.7. The Bertz CT molecular complexity index is 860. The highest BCUT2D eigenvalue weighted by atomic mass is 79.9. The smallest absolute Gasteiger partial charge is 0.271 e. The number of nitrogens with zero attached hydrogens (tertiary/aromatic N) is 1. The van der Waals surface area contributed by atoms with Gasteiger partial charge in [0.1, 0.15) is 11.5 Å². The summed E-state index contributed by atoms with van der Waals surface area (Å²) >= 11 is 15.7. The summed E-state index contributed by atoms with van der Waals surface area (Å²) in [6.45, 7) is 0.659. The summed E-state index contributed by atoms with van der Waals surface area (Å²) < 4.78 is 21.4. The van der Waals surface area contributed by atoms with Gasteiger partial charge in [-0.25, -0.2) is 0 Å². The van der Waals surface area contributed by atoms with Crippen LogP contribution in [0.5, 0.6) is 17.2 Å². The van der Waals surface area contributed by atoms with Crippen molar-refractivity contribution >= 4 is 53.6 Å². The minimum absolute atomic E-state index is 0.313. The lowest BCUT2D eigenvalue weighted by molar-refractivity contribution is 0.1000. The molecule has 3 rings (SSSR count). The molecule has 1 heterocycles. The van der Waals surface area contributed by atoms with Crippen molar-refractivity contribution in [1.29, 1.82) is 0 Å². The maximum absolute atomic E-state index is 12.6. The molecule has 0 unspecified atom stereocenters. The lowest BCUT2D eigenvalue weighted by atomic mass is 10.2. The van der Waals surface area contributed by atoms with Crippen molar-refractivity contribution in [3.63, 3.8) is 0 Å². The van der Waals surface area contributed by atoms with Gasteiger partial charge in [-0.15, -0.1) is 0 Å². The Morgan fingerprint density at radius 1 is 1.27 bits per heavy atom. The molecule has 9 heteroatoms. The first-order chi connectivity index (χ1) is 12.5. The Balaban J connectivity index is 1.92. The highest BCUT2D eigenvalue weighted by Crippen LogP contribution is 2.39. The van der Waals surface area contributed by atoms with E-state index in [2.05, 4.69) is 20.6 Å². The molecule has 1 saturated heterocycles. The van der Waals surface area contributed by atoms with Crippen molar-refractivity contribution < 1.29 is 19.0 Å². The van der Waals surface area contributed by atoms with E-state index in [4.69, 9.17) is 37.4 Å². The van der Waals surface area contributed by atoms with Gasteiger partial charge in [-0.05, 0) is 36.4 Å². The monoisotopic (exact) mass is 473 g/mol. The second-order valence-electron chi connectivity index (χ2n) is 5.45. The van der Waals surface area contributed by atoms with Crippen LogP contribution in [0.25, 0.3) is 0 Å². The van der Waals surface area contributed by atoms with E-state index in [1.165, 1.54) is 7.11 Å². The molecule has 1 amide bonds. The molecular weight excluding hydrogens is 461 g/mol. The van der Waals surface area contributed by atoms with Crippen LogP contribution in [0.3, 0.4) is 0 Å². The average molecular weight is 475 g/mol. The van der Waals surface area contributed by atoms with E-state index in [1.807, 2.05) is 0 Å². The van der Waals surface area contributed by atoms with Gasteiger partial charge < -0.3 is 14.2 Å². The summed E-state index contributed by atoms with van der Waals surface area (Å²) in [4.78, 5) is 12.6. The van der Waals surface area contributed by atoms with Gasteiger partial charge in [0.15, 0.2) is 14.3 Å². The fourth-order valence-corrected chi connectivity index (χ4v) is 5.18. The molecule has 0 atom stereocenters. The van der Waals surface area contributed by atoms with Crippen molar-refractivity contribution in [1.82, 2.24) is 0 Å². The van der Waals surface area contributed by atoms with Crippen molar-refractivity contribution in [2.75, 3.05) is 19.9 Å². The predicted octanol–water partition coefficient (Wildman–Crippen LogP) is 5.53. The van der Waals surface area contributed by atoms with E-state index >= 15 is 0 Å². The number of hydrogen-bond donors (Lipinski definition) is 0. The molecule has 0 saturated carbocycles. The molecule has 2 aromatic carbocycles. The molecule has 0 aliphatic carbocycles. The van der Waals surface area contributed by atoms with Gasteiger partial charge in [-0.2, -0.15) is 0 Å². The van der Waals surface area contributed by atoms with E-state index in [1.54, 1.807) is 30.3 Å². The summed E-state index contributed by atoms with van der Waals surface area (Å²) in [6.07, 6.45) is 0.555. The van der Waals surface area contributed by atoms with Crippen molar-refractivity contribution in [2.45, 2.75) is 6.04 Å². The second kappa shape index (κ2) is 8.62. The molecule has 0 N–H and O–H groups in total. The average Bonchev–Trinajstić information content (AvgIpc) is 3.10. The van der Waals surface area contributed by atoms with Crippen molar-refractivity contribution in [2.24, 2.45) is 4.63 Å². The number of hydrogen-bond acceptors (Lipinski definition) is 4. The molecule has 1 fully saturated rings. The Hall–Kier alpha value is -1.25. The summed E-state index contributed by atoms with van der Waals surface area (Å²) in [5.74, 6) is 0.823. The van der Waals surface area contributed by atoms with Gasteiger partial charge in [-0.1, -0.05) is 39.1 Å². The van der Waals surface area contributed by atoms with Crippen LogP contribution >= 0.6 is 39.1 Å². The van der Waals surface area contributed by atoms with Crippen molar-refractivity contribution in [3.05, 3.63) is 50.4 Å². The number of amides is 1. The normalized spacial score (nSPS) is 15.3. The molecule has 136 valence electrons. The Kier molecular flexibility index (Phi) is 6.47. The molecule has 1 aliphatic rings. The van der Waals surface area contributed by atoms with Gasteiger partial charge >= 0.3 is 0 Å². The summed E-state index contributed by atoms with van der Waals surface area (Å²) in [6, 6.07) is 9.10. The third-order valence-corrected chi connectivity index (χ3v) is 6.50. The number of ether oxygens (including phenoxy) is 3. The van der Waals surface area contributed by atoms with Gasteiger partial charge in [0.25, 0.3) is 5.91 Å². The first-order valence-electron chi connectivity index (χ1n) is 7.67. The van der Waals surface area contributed by atoms with Crippen LogP contribution in [0, 0.1) is 0 Å². The molecule has 2 aromatic rings. The van der Waals surface area contributed by atoms with Gasteiger partial charge in [0, 0.05) is 11.1 Å². The Morgan fingerprint density at radius 3 is 2.62 bits per heavy atom. The standard InChI is InChI=1S/C17H14BrCl2NO4Si/c1-23-15-3-2-11(25-16-13(19)6-10(18)7-14(16)20)8-12(15)17(22)21-26-5-4-24-9-26/h2-3,6-8H,4-5,9H2,1H3. The maximum atomic E-state index is 12.6. The van der Waals surface area contributed by atoms with E-state index in [-0.39, 0.29) is 5.91 Å². The van der Waals surface area contributed by atoms with E-state index < -0.39 is 8.59 Å². The molecule has 0 bridgehead atoms. The topological polar surface area (TPSA) is 57.1 Å². The molecule has 26 heavy (non-hydrogen) atoms. The van der Waals surface area contributed by atoms with Crippen LogP contribution in [0.1, 0.15) is 10.4 Å². The first kappa shape index (κ1) is 19.5. The maximum Gasteiger partial charge on any atom is 0.271 e. The molecule has 0 spiro atoms. The third kappa shape index (κ3) is 4.53. The molecule has 5 nitrogen and oxygen atoms in total. The lowest BCUT2D eigenvalue weighted by Crippen LogP contribution is -2.07. The van der Waals surface area contributed by atoms with Gasteiger partial charge in [-0.3, -0.25) is 9.43 Å². The first-order valence-corrected chi connectivity index (χ1v) is 11.1. The minimum atomic E-state index is -1.16. The quantitative estimate of drug-likeness (QED) is 0.547. The van der Waals surface area contributed by atoms with Crippen LogP contribution in [-0.2, 0) is 4.74 Å². The minimum Gasteiger partial charge on any atom is -0.496 e. The molecule has 0 radical (unpaired) electrons. The number of benzene rings is 2. The summed E-state index contributed by atoms with van der Waals surface area (Å²) in [5.41, 5.74) is 0.332. The number of methoxy groups -OCH3 is 1. The number of carbonyl (C=O) groups is 1. The molecular formula is C17H14BrCl2NO4Si. The number of halogens is 3. The zero-order valence-corrected chi connectivity index (χ0v) is 17.8. The number of rotatable bonds is 4. The SMILES string of the molecule is COc1ccc(Oc2c(Cl)cc(Br)cc2Cl)cc1C(=O)N=[Si]1CCOC1. The van der Waals surface area contributed by atoms with Crippen LogP contribution in [0.2, 0.25) is 16.1 Å². The fraction of sp³-hybridized carbons (Fsp3) is 0.235. The summed E-state index contributed by atoms with van der Waals surface area (Å²) in [5, 5.41) is 0.706. The Labute approximate surface area is 170 Å². The van der Waals surface area contributed by atoms with Crippen LogP contribution in [0.15, 0.2) is 39.4 Å². The Morgan fingerprint density at radius 2 is 2.00 bits per heavy atom. The van der Waals surface area contributed by atoms with E-state index in [0.29, 0.717) is 45.7 Å². The zero-order valence-electron chi connectivity index (χ0n) is 13.7. The molecule has 1 aliphatic heterocycles. The van der Waals surface area contributed by atoms with Crippen LogP contribution < -0.4 is 9.47 Å². The van der Waals surface area contributed by atoms with Crippen LogP contribution in [0.4, 0.5) is 0 Å². The number of carbonyl (C=O) groups excluding carboxylic acids is 1. The lowest BCUT2D eigenvalue weighted by Gasteiger charge is -2.12. The van der Waals surface area contributed by atoms with Gasteiger partial charge in [0.05, 0.1) is 28.9 Å². The van der Waals surface area contributed by atoms with Gasteiger partial charge in [0.2, 0.25) is 0 Å². The highest BCUT2D eigenvalue weighted by Gasteiger charge is 2.18. The summed E-state index contributed by atoms with van der Waals surface area (Å²) in [7, 11) is 0.340. The largest absolute Gasteiger partial charge is 0.496 e. The second-order valence-corrected chi connectivity index (χ2v) is 9.32. The third-order valence-electron chi connectivity index (χ3n) is 3.65. The van der Waals surface area contributed by atoms with Crippen molar-refractivity contribution in [3.8, 4) is 17.2 Å². The predicted molar refractivity (Wildman–Crippen MR) is 105 cm³/mol. The molecule has 0 aromatic heterocycles. The van der Waals surface area contributed by atoms with Crippen LogP contribution in [-0.4, -0.2) is 34.4 Å². The fourth-order valence-electron chi connectivity index (χ4n) is 2.41. The van der Waals surface area contributed by atoms with E-state index in [9.17, 15) is 4.79 Å². The van der Waals surface area contributed by atoms with E-state index in [0.717, 1.165) is 10.5 Å². The highest BCUT2D eigenvalue weighted by molar-refractivity contribution is 9.10.